The Kier molecular flexibility index (Phi) is 6.06. The van der Waals surface area contributed by atoms with Gasteiger partial charge in [-0.1, -0.05) is 6.92 Å². The number of nitrogens with zero attached hydrogens (tertiary/aromatic N) is 2. The number of carbonyl (C=O) groups excluding carboxylic acids is 2. The molecule has 2 aromatic rings. The SMILES string of the molecule is C[C@@H]1CCCN(c2ccc(C(=O)NNC(=O)c3ccc(F)cc3)cc2[N+](=O)[O-])C1. The van der Waals surface area contributed by atoms with Crippen molar-refractivity contribution < 1.29 is 18.9 Å². The van der Waals surface area contributed by atoms with Gasteiger partial charge in [0.1, 0.15) is 11.5 Å². The second-order valence-electron chi connectivity index (χ2n) is 7.07. The molecule has 0 saturated carbocycles. The maximum Gasteiger partial charge on any atom is 0.293 e. The van der Waals surface area contributed by atoms with Crippen molar-refractivity contribution in [1.29, 1.82) is 0 Å². The molecule has 1 atom stereocenters. The number of halogens is 1. The zero-order valence-corrected chi connectivity index (χ0v) is 15.9. The van der Waals surface area contributed by atoms with E-state index in [-0.39, 0.29) is 16.8 Å². The largest absolute Gasteiger partial charge is 0.366 e. The highest BCUT2D eigenvalue weighted by atomic mass is 19.1. The molecule has 0 radical (unpaired) electrons. The number of hydrazine groups is 1. The van der Waals surface area contributed by atoms with Gasteiger partial charge in [0.25, 0.3) is 17.5 Å². The molecule has 1 fully saturated rings. The van der Waals surface area contributed by atoms with E-state index in [0.717, 1.165) is 38.1 Å². The molecule has 0 spiro atoms. The van der Waals surface area contributed by atoms with E-state index in [1.54, 1.807) is 6.07 Å². The molecule has 0 aromatic heterocycles. The van der Waals surface area contributed by atoms with Gasteiger partial charge in [-0.05, 0) is 55.2 Å². The molecule has 0 bridgehead atoms. The molecular weight excluding hydrogens is 379 g/mol. The van der Waals surface area contributed by atoms with Crippen LogP contribution in [0.3, 0.4) is 0 Å². The van der Waals surface area contributed by atoms with Crippen LogP contribution in [0.25, 0.3) is 0 Å². The summed E-state index contributed by atoms with van der Waals surface area (Å²) in [5.74, 6) is -1.37. The van der Waals surface area contributed by atoms with Crippen LogP contribution in [0.5, 0.6) is 0 Å². The summed E-state index contributed by atoms with van der Waals surface area (Å²) in [6.07, 6.45) is 2.04. The van der Waals surface area contributed by atoms with Crippen molar-refractivity contribution in [2.24, 2.45) is 5.92 Å². The Labute approximate surface area is 166 Å². The van der Waals surface area contributed by atoms with E-state index in [0.29, 0.717) is 11.6 Å². The van der Waals surface area contributed by atoms with Crippen LogP contribution in [0.1, 0.15) is 40.5 Å². The number of nitro groups is 1. The van der Waals surface area contributed by atoms with E-state index in [1.807, 2.05) is 4.90 Å². The molecule has 3 rings (SSSR count). The predicted octanol–water partition coefficient (Wildman–Crippen LogP) is 3.05. The fraction of sp³-hybridized carbons (Fsp3) is 0.300. The van der Waals surface area contributed by atoms with Crippen LogP contribution >= 0.6 is 0 Å². The van der Waals surface area contributed by atoms with E-state index in [9.17, 15) is 24.1 Å². The van der Waals surface area contributed by atoms with Gasteiger partial charge in [0.15, 0.2) is 0 Å². The van der Waals surface area contributed by atoms with Crippen LogP contribution in [0.4, 0.5) is 15.8 Å². The highest BCUT2D eigenvalue weighted by Gasteiger charge is 2.25. The first kappa shape index (κ1) is 20.2. The first-order valence-electron chi connectivity index (χ1n) is 9.25. The Morgan fingerprint density at radius 1 is 1.10 bits per heavy atom. The Morgan fingerprint density at radius 2 is 1.72 bits per heavy atom. The number of amides is 2. The summed E-state index contributed by atoms with van der Waals surface area (Å²) < 4.78 is 12.9. The molecule has 2 amide bonds. The monoisotopic (exact) mass is 400 g/mol. The zero-order chi connectivity index (χ0) is 21.0. The van der Waals surface area contributed by atoms with Crippen molar-refractivity contribution in [1.82, 2.24) is 10.9 Å². The molecule has 2 N–H and O–H groups in total. The molecule has 8 nitrogen and oxygen atoms in total. The first-order chi connectivity index (χ1) is 13.8. The van der Waals surface area contributed by atoms with Gasteiger partial charge >= 0.3 is 0 Å². The second kappa shape index (κ2) is 8.68. The lowest BCUT2D eigenvalue weighted by molar-refractivity contribution is -0.384. The number of hydrogen-bond donors (Lipinski definition) is 2. The number of piperidine rings is 1. The van der Waals surface area contributed by atoms with Gasteiger partial charge in [0.2, 0.25) is 0 Å². The van der Waals surface area contributed by atoms with Gasteiger partial charge in [0, 0.05) is 30.3 Å². The quantitative estimate of drug-likeness (QED) is 0.606. The van der Waals surface area contributed by atoms with E-state index >= 15 is 0 Å². The van der Waals surface area contributed by atoms with Crippen molar-refractivity contribution >= 4 is 23.2 Å². The summed E-state index contributed by atoms with van der Waals surface area (Å²) >= 11 is 0. The molecule has 0 unspecified atom stereocenters. The molecule has 0 aliphatic carbocycles. The number of anilines is 1. The van der Waals surface area contributed by atoms with Crippen LogP contribution < -0.4 is 15.8 Å². The van der Waals surface area contributed by atoms with Crippen molar-refractivity contribution in [3.05, 3.63) is 69.5 Å². The average molecular weight is 400 g/mol. The molecule has 9 heteroatoms. The van der Waals surface area contributed by atoms with Crippen molar-refractivity contribution in [3.8, 4) is 0 Å². The number of nitrogens with one attached hydrogen (secondary N) is 2. The summed E-state index contributed by atoms with van der Waals surface area (Å²) in [5.41, 5.74) is 4.95. The summed E-state index contributed by atoms with van der Waals surface area (Å²) in [4.78, 5) is 37.3. The third-order valence-corrected chi connectivity index (χ3v) is 4.83. The molecule has 29 heavy (non-hydrogen) atoms. The number of carbonyl (C=O) groups is 2. The Bertz CT molecular complexity index is 933. The van der Waals surface area contributed by atoms with Crippen molar-refractivity contribution in [3.63, 3.8) is 0 Å². The van der Waals surface area contributed by atoms with Crippen LogP contribution in [0.2, 0.25) is 0 Å². The number of nitro benzene ring substituents is 1. The summed E-state index contributed by atoms with van der Waals surface area (Å²) in [7, 11) is 0. The molecule has 2 aromatic carbocycles. The van der Waals surface area contributed by atoms with Gasteiger partial charge in [-0.3, -0.25) is 30.6 Å². The van der Waals surface area contributed by atoms with Gasteiger partial charge in [0.05, 0.1) is 4.92 Å². The zero-order valence-electron chi connectivity index (χ0n) is 15.9. The van der Waals surface area contributed by atoms with Gasteiger partial charge in [-0.15, -0.1) is 0 Å². The fourth-order valence-corrected chi connectivity index (χ4v) is 3.35. The molecule has 1 saturated heterocycles. The first-order valence-corrected chi connectivity index (χ1v) is 9.25. The second-order valence-corrected chi connectivity index (χ2v) is 7.07. The van der Waals surface area contributed by atoms with Crippen LogP contribution in [-0.4, -0.2) is 29.8 Å². The van der Waals surface area contributed by atoms with E-state index in [1.165, 1.54) is 24.3 Å². The molecular formula is C20H21FN4O4. The highest BCUT2D eigenvalue weighted by molar-refractivity contribution is 5.99. The van der Waals surface area contributed by atoms with Gasteiger partial charge < -0.3 is 4.90 Å². The number of hydrogen-bond acceptors (Lipinski definition) is 5. The molecule has 1 aliphatic rings. The minimum absolute atomic E-state index is 0.0462. The van der Waals surface area contributed by atoms with Gasteiger partial charge in [-0.25, -0.2) is 4.39 Å². The summed E-state index contributed by atoms with van der Waals surface area (Å²) in [6, 6.07) is 9.05. The van der Waals surface area contributed by atoms with Crippen LogP contribution in [0, 0.1) is 21.8 Å². The lowest BCUT2D eigenvalue weighted by atomic mass is 9.99. The predicted molar refractivity (Wildman–Crippen MR) is 105 cm³/mol. The maximum atomic E-state index is 12.9. The lowest BCUT2D eigenvalue weighted by Gasteiger charge is -2.32. The van der Waals surface area contributed by atoms with E-state index in [2.05, 4.69) is 17.8 Å². The summed E-state index contributed by atoms with van der Waals surface area (Å²) in [6.45, 7) is 3.55. The Morgan fingerprint density at radius 3 is 2.34 bits per heavy atom. The van der Waals surface area contributed by atoms with Crippen LogP contribution in [0.15, 0.2) is 42.5 Å². The minimum atomic E-state index is -0.692. The fourth-order valence-electron chi connectivity index (χ4n) is 3.35. The molecule has 1 heterocycles. The maximum absolute atomic E-state index is 12.9. The van der Waals surface area contributed by atoms with Gasteiger partial charge in [-0.2, -0.15) is 0 Å². The highest BCUT2D eigenvalue weighted by Crippen LogP contribution is 2.32. The average Bonchev–Trinajstić information content (AvgIpc) is 2.71. The van der Waals surface area contributed by atoms with E-state index in [4.69, 9.17) is 0 Å². The number of rotatable bonds is 4. The lowest BCUT2D eigenvalue weighted by Crippen LogP contribution is -2.41. The third kappa shape index (κ3) is 4.87. The Hall–Kier alpha value is -3.49. The minimum Gasteiger partial charge on any atom is -0.366 e. The Balaban J connectivity index is 1.72. The third-order valence-electron chi connectivity index (χ3n) is 4.83. The number of benzene rings is 2. The normalized spacial score (nSPS) is 16.2. The van der Waals surface area contributed by atoms with E-state index < -0.39 is 22.6 Å². The smallest absolute Gasteiger partial charge is 0.293 e. The molecule has 1 aliphatic heterocycles. The molecule has 152 valence electrons. The topological polar surface area (TPSA) is 105 Å². The summed E-state index contributed by atoms with van der Waals surface area (Å²) in [5, 5.41) is 11.5. The van der Waals surface area contributed by atoms with Crippen LogP contribution in [-0.2, 0) is 0 Å². The standard InChI is InChI=1S/C20H21FN4O4/c1-13-3-2-10-24(12-13)17-9-6-15(11-18(17)25(28)29)20(27)23-22-19(26)14-4-7-16(21)8-5-14/h4-9,11,13H,2-3,10,12H2,1H3,(H,22,26)(H,23,27)/t13-/m1/s1. The van der Waals surface area contributed by atoms with Crippen molar-refractivity contribution in [2.45, 2.75) is 19.8 Å². The van der Waals surface area contributed by atoms with Crippen molar-refractivity contribution in [2.75, 3.05) is 18.0 Å².